The molecule has 89 valence electrons. The minimum Gasteiger partial charge on any atom is -0.494 e. The van der Waals surface area contributed by atoms with Gasteiger partial charge in [0, 0.05) is 0 Å². The molecule has 0 amide bonds. The molecule has 0 bridgehead atoms. The number of unbranched alkanes of at least 4 members (excludes halogenated alkanes) is 1. The van der Waals surface area contributed by atoms with Crippen LogP contribution in [0.3, 0.4) is 0 Å². The molecule has 1 radical (unpaired) electrons. The third kappa shape index (κ3) is 2.79. The Hall–Kier alpha value is -1.50. The van der Waals surface area contributed by atoms with Gasteiger partial charge in [0.15, 0.2) is 0 Å². The molecular formula is C16H19O. The van der Waals surface area contributed by atoms with Gasteiger partial charge in [-0.05, 0) is 48.2 Å². The van der Waals surface area contributed by atoms with Crippen LogP contribution in [0.1, 0.15) is 25.3 Å². The van der Waals surface area contributed by atoms with Gasteiger partial charge in [-0.1, -0.05) is 37.6 Å². The van der Waals surface area contributed by atoms with Crippen LogP contribution in [0.15, 0.2) is 36.4 Å². The minimum atomic E-state index is 0.797. The molecule has 0 spiro atoms. The quantitative estimate of drug-likeness (QED) is 0.688. The Balaban J connectivity index is 2.32. The van der Waals surface area contributed by atoms with Gasteiger partial charge in [0.1, 0.15) is 5.75 Å². The highest BCUT2D eigenvalue weighted by Gasteiger charge is 2.03. The first-order chi connectivity index (χ1) is 8.35. The maximum Gasteiger partial charge on any atom is 0.120 e. The number of fused-ring (bicyclic) bond motifs is 1. The smallest absolute Gasteiger partial charge is 0.120 e. The minimum absolute atomic E-state index is 0.797. The molecule has 0 unspecified atom stereocenters. The summed E-state index contributed by atoms with van der Waals surface area (Å²) in [6, 6.07) is 12.6. The van der Waals surface area contributed by atoms with Crippen LogP contribution in [0.4, 0.5) is 0 Å². The van der Waals surface area contributed by atoms with Crippen molar-refractivity contribution in [1.29, 1.82) is 0 Å². The third-order valence-corrected chi connectivity index (χ3v) is 2.96. The number of hydrogen-bond acceptors (Lipinski definition) is 1. The molecule has 0 saturated heterocycles. The van der Waals surface area contributed by atoms with E-state index in [-0.39, 0.29) is 0 Å². The topological polar surface area (TPSA) is 9.23 Å². The van der Waals surface area contributed by atoms with Crippen LogP contribution < -0.4 is 4.74 Å². The first kappa shape index (κ1) is 12.0. The SMILES string of the molecule is [CH2]Cc1cc(OCCCC)cc2ccccc12. The summed E-state index contributed by atoms with van der Waals surface area (Å²) in [5, 5.41) is 2.52. The molecule has 0 N–H and O–H groups in total. The van der Waals surface area contributed by atoms with Crippen LogP contribution in [-0.2, 0) is 6.42 Å². The van der Waals surface area contributed by atoms with Gasteiger partial charge in [-0.2, -0.15) is 0 Å². The fraction of sp³-hybridized carbons (Fsp3) is 0.312. The fourth-order valence-corrected chi connectivity index (χ4v) is 1.98. The maximum absolute atomic E-state index is 5.77. The van der Waals surface area contributed by atoms with E-state index in [2.05, 4.69) is 50.2 Å². The Morgan fingerprint density at radius 3 is 2.76 bits per heavy atom. The molecule has 0 heterocycles. The molecule has 0 saturated carbocycles. The van der Waals surface area contributed by atoms with E-state index in [1.54, 1.807) is 0 Å². The zero-order valence-electron chi connectivity index (χ0n) is 10.4. The summed E-state index contributed by atoms with van der Waals surface area (Å²) >= 11 is 0. The highest BCUT2D eigenvalue weighted by atomic mass is 16.5. The predicted molar refractivity (Wildman–Crippen MR) is 73.4 cm³/mol. The Morgan fingerprint density at radius 2 is 2.00 bits per heavy atom. The van der Waals surface area contributed by atoms with E-state index in [0.717, 1.165) is 31.6 Å². The first-order valence-corrected chi connectivity index (χ1v) is 6.29. The molecule has 0 aliphatic heterocycles. The van der Waals surface area contributed by atoms with E-state index in [1.165, 1.54) is 16.3 Å². The van der Waals surface area contributed by atoms with E-state index in [4.69, 9.17) is 4.74 Å². The molecule has 17 heavy (non-hydrogen) atoms. The van der Waals surface area contributed by atoms with Crippen LogP contribution in [0.25, 0.3) is 10.8 Å². The van der Waals surface area contributed by atoms with Crippen molar-refractivity contribution in [1.82, 2.24) is 0 Å². The Kier molecular flexibility index (Phi) is 4.03. The molecule has 0 atom stereocenters. The Bertz CT molecular complexity index is 488. The summed E-state index contributed by atoms with van der Waals surface area (Å²) in [7, 11) is 0. The van der Waals surface area contributed by atoms with Gasteiger partial charge < -0.3 is 4.74 Å². The van der Waals surface area contributed by atoms with Gasteiger partial charge in [0.05, 0.1) is 6.61 Å². The van der Waals surface area contributed by atoms with Crippen molar-refractivity contribution in [2.75, 3.05) is 6.61 Å². The van der Waals surface area contributed by atoms with E-state index < -0.39 is 0 Å². The summed E-state index contributed by atoms with van der Waals surface area (Å²) in [5.41, 5.74) is 1.26. The monoisotopic (exact) mass is 227 g/mol. The largest absolute Gasteiger partial charge is 0.494 e. The number of rotatable bonds is 5. The summed E-state index contributed by atoms with van der Waals surface area (Å²) in [4.78, 5) is 0. The standard InChI is InChI=1S/C16H19O/c1-3-5-10-17-15-11-13(4-2)16-9-7-6-8-14(16)12-15/h6-9,11-12H,2-5,10H2,1H3. The van der Waals surface area contributed by atoms with Crippen molar-refractivity contribution in [2.24, 2.45) is 0 Å². The maximum atomic E-state index is 5.77. The van der Waals surface area contributed by atoms with Crippen LogP contribution in [0, 0.1) is 6.92 Å². The molecule has 0 aromatic heterocycles. The van der Waals surface area contributed by atoms with Crippen molar-refractivity contribution < 1.29 is 4.74 Å². The third-order valence-electron chi connectivity index (χ3n) is 2.96. The van der Waals surface area contributed by atoms with E-state index in [9.17, 15) is 0 Å². The van der Waals surface area contributed by atoms with Crippen molar-refractivity contribution in [3.05, 3.63) is 48.9 Å². The van der Waals surface area contributed by atoms with E-state index in [0.29, 0.717) is 0 Å². The second-order valence-electron chi connectivity index (χ2n) is 4.26. The van der Waals surface area contributed by atoms with E-state index >= 15 is 0 Å². The normalized spacial score (nSPS) is 10.7. The molecule has 1 heteroatoms. The predicted octanol–water partition coefficient (Wildman–Crippen LogP) is 4.40. The number of hydrogen-bond donors (Lipinski definition) is 0. The lowest BCUT2D eigenvalue weighted by Crippen LogP contribution is -1.97. The second kappa shape index (κ2) is 5.72. The average Bonchev–Trinajstić information content (AvgIpc) is 2.38. The summed E-state index contributed by atoms with van der Waals surface area (Å²) in [6.07, 6.45) is 3.06. The zero-order chi connectivity index (χ0) is 12.1. The van der Waals surface area contributed by atoms with Gasteiger partial charge in [-0.3, -0.25) is 0 Å². The molecule has 0 aliphatic rings. The van der Waals surface area contributed by atoms with Gasteiger partial charge in [-0.15, -0.1) is 0 Å². The molecular weight excluding hydrogens is 208 g/mol. The highest BCUT2D eigenvalue weighted by Crippen LogP contribution is 2.25. The fourth-order valence-electron chi connectivity index (χ4n) is 1.98. The van der Waals surface area contributed by atoms with Gasteiger partial charge >= 0.3 is 0 Å². The lowest BCUT2D eigenvalue weighted by atomic mass is 10.0. The van der Waals surface area contributed by atoms with Gasteiger partial charge in [0.2, 0.25) is 0 Å². The van der Waals surface area contributed by atoms with Crippen LogP contribution in [-0.4, -0.2) is 6.61 Å². The van der Waals surface area contributed by atoms with Crippen molar-refractivity contribution in [3.8, 4) is 5.75 Å². The molecule has 1 nitrogen and oxygen atoms in total. The summed E-state index contributed by atoms with van der Waals surface area (Å²) in [5.74, 6) is 0.968. The lowest BCUT2D eigenvalue weighted by molar-refractivity contribution is 0.309. The molecule has 0 aliphatic carbocycles. The number of benzene rings is 2. The second-order valence-corrected chi connectivity index (χ2v) is 4.26. The average molecular weight is 227 g/mol. The van der Waals surface area contributed by atoms with Crippen LogP contribution in [0.5, 0.6) is 5.75 Å². The lowest BCUT2D eigenvalue weighted by Gasteiger charge is -2.10. The Labute approximate surface area is 103 Å². The highest BCUT2D eigenvalue weighted by molar-refractivity contribution is 5.87. The Morgan fingerprint density at radius 1 is 1.18 bits per heavy atom. The molecule has 2 rings (SSSR count). The van der Waals surface area contributed by atoms with Gasteiger partial charge in [0.25, 0.3) is 0 Å². The van der Waals surface area contributed by atoms with Crippen molar-refractivity contribution in [2.45, 2.75) is 26.2 Å². The van der Waals surface area contributed by atoms with Crippen molar-refractivity contribution in [3.63, 3.8) is 0 Å². The van der Waals surface area contributed by atoms with Crippen molar-refractivity contribution >= 4 is 10.8 Å². The van der Waals surface area contributed by atoms with Crippen LogP contribution >= 0.6 is 0 Å². The van der Waals surface area contributed by atoms with Crippen LogP contribution in [0.2, 0.25) is 0 Å². The molecule has 2 aromatic carbocycles. The summed E-state index contributed by atoms with van der Waals surface area (Å²) in [6.45, 7) is 6.96. The zero-order valence-corrected chi connectivity index (χ0v) is 10.4. The van der Waals surface area contributed by atoms with Gasteiger partial charge in [-0.25, -0.2) is 0 Å². The molecule has 0 fully saturated rings. The molecule has 2 aromatic rings. The summed E-state index contributed by atoms with van der Waals surface area (Å²) < 4.78 is 5.77. The van der Waals surface area contributed by atoms with E-state index in [1.807, 2.05) is 0 Å². The first-order valence-electron chi connectivity index (χ1n) is 6.29. The number of ether oxygens (including phenoxy) is 1.